The topological polar surface area (TPSA) is 0 Å². The fourth-order valence-corrected chi connectivity index (χ4v) is 6.86. The molecule has 0 aromatic carbocycles. The van der Waals surface area contributed by atoms with E-state index in [4.69, 9.17) is 0 Å². The molecule has 178 valence electrons. The summed E-state index contributed by atoms with van der Waals surface area (Å²) in [7, 11) is 0. The van der Waals surface area contributed by atoms with Crippen molar-refractivity contribution in [2.75, 3.05) is 0 Å². The van der Waals surface area contributed by atoms with Gasteiger partial charge in [0.15, 0.2) is 0 Å². The summed E-state index contributed by atoms with van der Waals surface area (Å²) in [5, 5.41) is 0. The van der Waals surface area contributed by atoms with E-state index in [0.717, 1.165) is 11.3 Å². The molecule has 0 aromatic heterocycles. The fourth-order valence-electron chi connectivity index (χ4n) is 6.86. The number of unbranched alkanes of at least 4 members (excludes halogenated alkanes) is 7. The van der Waals surface area contributed by atoms with Crippen LogP contribution in [0.15, 0.2) is 0 Å². The fraction of sp³-hybridized carbons (Fsp3) is 1.00. The van der Waals surface area contributed by atoms with Crippen molar-refractivity contribution >= 4 is 0 Å². The number of fused-ring (bicyclic) bond motifs is 1. The Labute approximate surface area is 191 Å². The Hall–Kier alpha value is 0. The minimum absolute atomic E-state index is 0.721. The molecule has 2 saturated carbocycles. The van der Waals surface area contributed by atoms with E-state index in [1.807, 2.05) is 0 Å². The van der Waals surface area contributed by atoms with E-state index in [0.29, 0.717) is 0 Å². The van der Waals surface area contributed by atoms with Crippen LogP contribution in [0.2, 0.25) is 0 Å². The van der Waals surface area contributed by atoms with Gasteiger partial charge in [0.25, 0.3) is 0 Å². The van der Waals surface area contributed by atoms with Gasteiger partial charge in [0.1, 0.15) is 0 Å². The molecule has 0 aromatic rings. The van der Waals surface area contributed by atoms with Crippen LogP contribution in [0, 0.1) is 11.3 Å². The molecule has 0 N–H and O–H groups in total. The van der Waals surface area contributed by atoms with Gasteiger partial charge in [-0.05, 0) is 43.4 Å². The minimum Gasteiger partial charge on any atom is -0.0654 e. The zero-order valence-electron chi connectivity index (χ0n) is 21.2. The van der Waals surface area contributed by atoms with Crippen molar-refractivity contribution in [1.29, 1.82) is 0 Å². The van der Waals surface area contributed by atoms with Crippen LogP contribution in [-0.2, 0) is 0 Å². The summed E-state index contributed by atoms with van der Waals surface area (Å²) in [6, 6.07) is 0. The Morgan fingerprint density at radius 2 is 0.867 bits per heavy atom. The third-order valence-corrected chi connectivity index (χ3v) is 8.85. The highest BCUT2D eigenvalue weighted by atomic mass is 14.4. The molecule has 2 aliphatic rings. The molecule has 0 spiro atoms. The van der Waals surface area contributed by atoms with Crippen LogP contribution in [0.1, 0.15) is 180 Å². The van der Waals surface area contributed by atoms with Crippen molar-refractivity contribution in [2.45, 2.75) is 180 Å². The highest BCUT2D eigenvalue weighted by molar-refractivity contribution is 4.88. The van der Waals surface area contributed by atoms with Crippen molar-refractivity contribution in [3.8, 4) is 0 Å². The number of hydrogen-bond acceptors (Lipinski definition) is 0. The molecule has 2 aliphatic carbocycles. The highest BCUT2D eigenvalue weighted by Gasteiger charge is 2.36. The van der Waals surface area contributed by atoms with Gasteiger partial charge >= 0.3 is 0 Å². The van der Waals surface area contributed by atoms with Gasteiger partial charge in [0.05, 0.1) is 0 Å². The van der Waals surface area contributed by atoms with Gasteiger partial charge in [-0.2, -0.15) is 0 Å². The first-order valence-electron chi connectivity index (χ1n) is 14.9. The van der Waals surface area contributed by atoms with Gasteiger partial charge in [0.2, 0.25) is 0 Å². The average molecular weight is 419 g/mol. The molecule has 30 heavy (non-hydrogen) atoms. The second kappa shape index (κ2) is 17.5. The van der Waals surface area contributed by atoms with Crippen LogP contribution in [0.4, 0.5) is 0 Å². The Bertz CT molecular complexity index is 372. The maximum absolute atomic E-state index is 2.33. The zero-order chi connectivity index (χ0) is 21.2. The average Bonchev–Trinajstić information content (AvgIpc) is 2.75. The minimum atomic E-state index is 0.721. The smallest absolute Gasteiger partial charge is 0.0269 e. The first kappa shape index (κ1) is 26.3. The van der Waals surface area contributed by atoms with E-state index < -0.39 is 0 Å². The van der Waals surface area contributed by atoms with E-state index in [2.05, 4.69) is 6.92 Å². The summed E-state index contributed by atoms with van der Waals surface area (Å²) in [4.78, 5) is 0. The van der Waals surface area contributed by atoms with Crippen molar-refractivity contribution in [2.24, 2.45) is 11.3 Å². The maximum Gasteiger partial charge on any atom is -0.0269 e. The molecular weight excluding hydrogens is 360 g/mol. The molecule has 0 heterocycles. The Morgan fingerprint density at radius 3 is 1.37 bits per heavy atom. The molecule has 0 aliphatic heterocycles. The summed E-state index contributed by atoms with van der Waals surface area (Å²) >= 11 is 0. The molecule has 0 heteroatoms. The summed E-state index contributed by atoms with van der Waals surface area (Å²) in [5.41, 5.74) is 0.721. The molecule has 0 bridgehead atoms. The van der Waals surface area contributed by atoms with E-state index in [1.54, 1.807) is 32.1 Å². The van der Waals surface area contributed by atoms with Crippen LogP contribution >= 0.6 is 0 Å². The molecule has 2 rings (SSSR count). The van der Waals surface area contributed by atoms with Crippen molar-refractivity contribution in [1.82, 2.24) is 0 Å². The van der Waals surface area contributed by atoms with Gasteiger partial charge in [0, 0.05) is 0 Å². The maximum atomic E-state index is 2.33. The molecular formula is C30H58. The summed E-state index contributed by atoms with van der Waals surface area (Å²) in [5.74, 6) is 1.06. The summed E-state index contributed by atoms with van der Waals surface area (Å²) in [6.07, 6.45) is 41.0. The Balaban J connectivity index is 1.94. The van der Waals surface area contributed by atoms with Crippen molar-refractivity contribution < 1.29 is 0 Å². The summed E-state index contributed by atoms with van der Waals surface area (Å²) < 4.78 is 0. The third kappa shape index (κ3) is 11.0. The first-order valence-corrected chi connectivity index (χ1v) is 14.9. The lowest BCUT2D eigenvalue weighted by atomic mass is 9.62. The largest absolute Gasteiger partial charge is 0.0654 e. The molecule has 0 saturated heterocycles. The molecule has 0 radical (unpaired) electrons. The van der Waals surface area contributed by atoms with Crippen LogP contribution in [0.3, 0.4) is 0 Å². The third-order valence-electron chi connectivity index (χ3n) is 8.85. The summed E-state index contributed by atoms with van der Waals surface area (Å²) in [6.45, 7) is 2.33. The van der Waals surface area contributed by atoms with Crippen LogP contribution in [0.25, 0.3) is 0 Å². The lowest BCUT2D eigenvalue weighted by Gasteiger charge is -2.43. The van der Waals surface area contributed by atoms with E-state index in [9.17, 15) is 0 Å². The van der Waals surface area contributed by atoms with Gasteiger partial charge in [-0.3, -0.25) is 0 Å². The van der Waals surface area contributed by atoms with Crippen LogP contribution in [0.5, 0.6) is 0 Å². The van der Waals surface area contributed by atoms with E-state index in [1.165, 1.54) is 141 Å². The molecule has 2 atom stereocenters. The van der Waals surface area contributed by atoms with Gasteiger partial charge in [-0.25, -0.2) is 0 Å². The van der Waals surface area contributed by atoms with E-state index in [-0.39, 0.29) is 0 Å². The first-order chi connectivity index (χ1) is 14.9. The van der Waals surface area contributed by atoms with Crippen molar-refractivity contribution in [3.63, 3.8) is 0 Å². The van der Waals surface area contributed by atoms with Crippen molar-refractivity contribution in [3.05, 3.63) is 0 Å². The van der Waals surface area contributed by atoms with Gasteiger partial charge in [-0.15, -0.1) is 0 Å². The number of rotatable bonds is 9. The van der Waals surface area contributed by atoms with Gasteiger partial charge in [-0.1, -0.05) is 148 Å². The molecule has 0 nitrogen and oxygen atoms in total. The number of hydrogen-bond donors (Lipinski definition) is 0. The van der Waals surface area contributed by atoms with Gasteiger partial charge < -0.3 is 0 Å². The lowest BCUT2D eigenvalue weighted by Crippen LogP contribution is -2.32. The zero-order valence-corrected chi connectivity index (χ0v) is 21.2. The second-order valence-corrected chi connectivity index (χ2v) is 11.3. The molecule has 2 unspecified atom stereocenters. The van der Waals surface area contributed by atoms with E-state index >= 15 is 0 Å². The lowest BCUT2D eigenvalue weighted by molar-refractivity contribution is 0.0787. The SMILES string of the molecule is CCCCCCCCCCC12CCCCCCCCCCC1CCCCCCCC2. The predicted octanol–water partition coefficient (Wildman–Crippen LogP) is 11.2. The standard InChI is InChI=1S/C30H58/c1-2-3-4-5-6-11-16-21-26-30-27-22-17-12-8-7-9-14-19-24-29(30)25-20-15-10-13-18-23-28-30/h29H,2-28H2,1H3. The second-order valence-electron chi connectivity index (χ2n) is 11.3. The molecule has 2 fully saturated rings. The Morgan fingerprint density at radius 1 is 0.467 bits per heavy atom. The monoisotopic (exact) mass is 418 g/mol. The quantitative estimate of drug-likeness (QED) is 0.326. The highest BCUT2D eigenvalue weighted by Crippen LogP contribution is 2.48. The van der Waals surface area contributed by atoms with Crippen LogP contribution < -0.4 is 0 Å². The van der Waals surface area contributed by atoms with Crippen LogP contribution in [-0.4, -0.2) is 0 Å². The molecule has 0 amide bonds. The Kier molecular flexibility index (Phi) is 15.4. The normalized spacial score (nSPS) is 28.1. The predicted molar refractivity (Wildman–Crippen MR) is 136 cm³/mol.